The number of nitrogens with zero attached hydrogens (tertiary/aromatic N) is 2. The molecular weight excluding hydrogens is 496 g/mol. The highest BCUT2D eigenvalue weighted by Crippen LogP contribution is 2.41. The van der Waals surface area contributed by atoms with Crippen molar-refractivity contribution in [2.24, 2.45) is 0 Å². The fraction of sp³-hybridized carbons (Fsp3) is 0.290. The molecule has 0 saturated carbocycles. The second kappa shape index (κ2) is 11.9. The summed E-state index contributed by atoms with van der Waals surface area (Å²) in [6, 6.07) is 18.3. The third-order valence-corrected chi connectivity index (χ3v) is 6.99. The monoisotopic (exact) mass is 530 g/mol. The van der Waals surface area contributed by atoms with E-state index in [-0.39, 0.29) is 24.1 Å². The summed E-state index contributed by atoms with van der Waals surface area (Å²) in [5.74, 6) is 1.84. The molecule has 0 bridgehead atoms. The average molecular weight is 531 g/mol. The van der Waals surface area contributed by atoms with Gasteiger partial charge in [0.15, 0.2) is 11.5 Å². The summed E-state index contributed by atoms with van der Waals surface area (Å²) in [5.41, 5.74) is 3.40. The van der Waals surface area contributed by atoms with Crippen LogP contribution in [-0.4, -0.2) is 63.1 Å². The standard InChI is InChI=1S/C31H34N2O6/c1-20-28(38-5)23(18-27(37-4)29(20)39-6)17-26-30(34)32(2)25(16-21-10-8-7-9-11-21)31(35)33(26)19-22-12-14-24(36-3)15-13-22/h7-15,17-18,25H,16,19H2,1-6H3/b26-17-. The highest BCUT2D eigenvalue weighted by Gasteiger charge is 2.41. The van der Waals surface area contributed by atoms with Crippen molar-refractivity contribution in [3.8, 4) is 23.0 Å². The van der Waals surface area contributed by atoms with Crippen LogP contribution in [0, 0.1) is 6.92 Å². The number of carbonyl (C=O) groups excluding carboxylic acids is 2. The summed E-state index contributed by atoms with van der Waals surface area (Å²) in [4.78, 5) is 31.0. The smallest absolute Gasteiger partial charge is 0.271 e. The molecule has 3 aromatic carbocycles. The van der Waals surface area contributed by atoms with Gasteiger partial charge in [-0.1, -0.05) is 42.5 Å². The van der Waals surface area contributed by atoms with Crippen LogP contribution in [0.3, 0.4) is 0 Å². The van der Waals surface area contributed by atoms with Crippen molar-refractivity contribution in [3.05, 3.63) is 88.6 Å². The minimum atomic E-state index is -0.649. The molecule has 1 unspecified atom stereocenters. The molecule has 8 heteroatoms. The number of hydrogen-bond acceptors (Lipinski definition) is 6. The van der Waals surface area contributed by atoms with Gasteiger partial charge in [-0.25, -0.2) is 0 Å². The van der Waals surface area contributed by atoms with E-state index < -0.39 is 6.04 Å². The molecule has 0 N–H and O–H groups in total. The molecule has 1 aliphatic heterocycles. The van der Waals surface area contributed by atoms with Gasteiger partial charge in [0.1, 0.15) is 23.2 Å². The SMILES string of the molecule is COc1ccc(CN2C(=O)C(Cc3ccccc3)N(C)C(=O)/C2=C/c2cc(OC)c(OC)c(C)c2OC)cc1. The number of rotatable bonds is 9. The maximum absolute atomic E-state index is 14.0. The lowest BCUT2D eigenvalue weighted by Crippen LogP contribution is -2.57. The largest absolute Gasteiger partial charge is 0.497 e. The molecule has 4 rings (SSSR count). The van der Waals surface area contributed by atoms with Crippen LogP contribution in [0.25, 0.3) is 6.08 Å². The molecule has 1 heterocycles. The summed E-state index contributed by atoms with van der Waals surface area (Å²) in [6.45, 7) is 2.07. The van der Waals surface area contributed by atoms with Gasteiger partial charge in [-0.2, -0.15) is 0 Å². The molecule has 0 spiro atoms. The Morgan fingerprint density at radius 2 is 1.49 bits per heavy atom. The first-order chi connectivity index (χ1) is 18.8. The van der Waals surface area contributed by atoms with E-state index in [9.17, 15) is 9.59 Å². The Morgan fingerprint density at radius 3 is 2.08 bits per heavy atom. The van der Waals surface area contributed by atoms with E-state index in [2.05, 4.69) is 0 Å². The molecular formula is C31H34N2O6. The van der Waals surface area contributed by atoms with Crippen LogP contribution < -0.4 is 18.9 Å². The zero-order valence-electron chi connectivity index (χ0n) is 23.2. The molecule has 8 nitrogen and oxygen atoms in total. The highest BCUT2D eigenvalue weighted by atomic mass is 16.5. The van der Waals surface area contributed by atoms with E-state index in [0.29, 0.717) is 35.0 Å². The Bertz CT molecular complexity index is 1370. The van der Waals surface area contributed by atoms with Gasteiger partial charge >= 0.3 is 0 Å². The van der Waals surface area contributed by atoms with Crippen molar-refractivity contribution in [3.63, 3.8) is 0 Å². The third-order valence-electron chi connectivity index (χ3n) is 6.99. The minimum absolute atomic E-state index is 0.167. The third kappa shape index (κ3) is 5.55. The average Bonchev–Trinajstić information content (AvgIpc) is 2.96. The van der Waals surface area contributed by atoms with Crippen molar-refractivity contribution in [2.75, 3.05) is 35.5 Å². The number of hydrogen-bond donors (Lipinski definition) is 0. The number of piperazine rings is 1. The Balaban J connectivity index is 1.82. The minimum Gasteiger partial charge on any atom is -0.497 e. The molecule has 1 aliphatic rings. The molecule has 0 radical (unpaired) electrons. The van der Waals surface area contributed by atoms with Gasteiger partial charge < -0.3 is 28.7 Å². The van der Waals surface area contributed by atoms with E-state index in [1.54, 1.807) is 52.5 Å². The summed E-state index contributed by atoms with van der Waals surface area (Å²) in [6.07, 6.45) is 2.10. The molecule has 204 valence electrons. The van der Waals surface area contributed by atoms with Crippen LogP contribution in [0.2, 0.25) is 0 Å². The molecule has 1 fully saturated rings. The molecule has 0 aliphatic carbocycles. The van der Waals surface area contributed by atoms with E-state index in [1.807, 2.05) is 61.5 Å². The van der Waals surface area contributed by atoms with Gasteiger partial charge in [0.05, 0.1) is 35.0 Å². The predicted octanol–water partition coefficient (Wildman–Crippen LogP) is 4.48. The number of methoxy groups -OCH3 is 4. The molecule has 39 heavy (non-hydrogen) atoms. The number of ether oxygens (including phenoxy) is 4. The molecule has 1 saturated heterocycles. The highest BCUT2D eigenvalue weighted by molar-refractivity contribution is 6.07. The molecule has 2 amide bonds. The zero-order chi connectivity index (χ0) is 28.1. The summed E-state index contributed by atoms with van der Waals surface area (Å²) in [5, 5.41) is 0. The summed E-state index contributed by atoms with van der Waals surface area (Å²) in [7, 11) is 7.94. The maximum atomic E-state index is 14.0. The van der Waals surface area contributed by atoms with Gasteiger partial charge in [-0.3, -0.25) is 9.59 Å². The van der Waals surface area contributed by atoms with Crippen molar-refractivity contribution in [2.45, 2.75) is 25.9 Å². The van der Waals surface area contributed by atoms with Crippen LogP contribution >= 0.6 is 0 Å². The van der Waals surface area contributed by atoms with Crippen molar-refractivity contribution in [1.82, 2.24) is 9.80 Å². The fourth-order valence-electron chi connectivity index (χ4n) is 4.89. The van der Waals surface area contributed by atoms with Crippen LogP contribution in [0.15, 0.2) is 66.4 Å². The Labute approximate surface area is 229 Å². The molecule has 1 atom stereocenters. The number of carbonyl (C=O) groups is 2. The predicted molar refractivity (Wildman–Crippen MR) is 149 cm³/mol. The van der Waals surface area contributed by atoms with Crippen molar-refractivity contribution < 1.29 is 28.5 Å². The number of likely N-dealkylation sites (N-methyl/N-ethyl adjacent to an activating group) is 1. The lowest BCUT2D eigenvalue weighted by atomic mass is 9.98. The van der Waals surface area contributed by atoms with E-state index in [4.69, 9.17) is 18.9 Å². The molecule has 3 aromatic rings. The summed E-state index contributed by atoms with van der Waals surface area (Å²) < 4.78 is 22.1. The van der Waals surface area contributed by atoms with Crippen LogP contribution in [0.4, 0.5) is 0 Å². The number of amides is 2. The zero-order valence-corrected chi connectivity index (χ0v) is 23.2. The van der Waals surface area contributed by atoms with Crippen LogP contribution in [0.5, 0.6) is 23.0 Å². The van der Waals surface area contributed by atoms with Crippen molar-refractivity contribution >= 4 is 17.9 Å². The van der Waals surface area contributed by atoms with Gasteiger partial charge in [0.25, 0.3) is 11.8 Å². The first kappa shape index (κ1) is 27.6. The second-order valence-corrected chi connectivity index (χ2v) is 9.28. The van der Waals surface area contributed by atoms with Crippen molar-refractivity contribution in [1.29, 1.82) is 0 Å². The maximum Gasteiger partial charge on any atom is 0.271 e. The normalized spacial score (nSPS) is 16.5. The van der Waals surface area contributed by atoms with E-state index in [1.165, 1.54) is 4.90 Å². The van der Waals surface area contributed by atoms with E-state index >= 15 is 0 Å². The van der Waals surface area contributed by atoms with Gasteiger partial charge in [0, 0.05) is 24.6 Å². The second-order valence-electron chi connectivity index (χ2n) is 9.28. The lowest BCUT2D eigenvalue weighted by molar-refractivity contribution is -0.149. The van der Waals surface area contributed by atoms with Gasteiger partial charge in [-0.05, 0) is 42.3 Å². The Kier molecular flexibility index (Phi) is 8.44. The Morgan fingerprint density at radius 1 is 0.821 bits per heavy atom. The number of benzene rings is 3. The van der Waals surface area contributed by atoms with Crippen LogP contribution in [-0.2, 0) is 22.6 Å². The topological polar surface area (TPSA) is 77.5 Å². The van der Waals surface area contributed by atoms with Gasteiger partial charge in [-0.15, -0.1) is 0 Å². The van der Waals surface area contributed by atoms with Gasteiger partial charge in [0.2, 0.25) is 0 Å². The van der Waals surface area contributed by atoms with E-state index in [0.717, 1.165) is 16.7 Å². The quantitative estimate of drug-likeness (QED) is 0.380. The first-order valence-electron chi connectivity index (χ1n) is 12.6. The fourth-order valence-corrected chi connectivity index (χ4v) is 4.89. The lowest BCUT2D eigenvalue weighted by Gasteiger charge is -2.40. The molecule has 0 aromatic heterocycles. The first-order valence-corrected chi connectivity index (χ1v) is 12.6. The van der Waals surface area contributed by atoms with Crippen LogP contribution in [0.1, 0.15) is 22.3 Å². The summed E-state index contributed by atoms with van der Waals surface area (Å²) >= 11 is 0. The Hall–Kier alpha value is -4.46.